The second kappa shape index (κ2) is 5.54. The molecule has 1 nitrogen and oxygen atoms in total. The van der Waals surface area contributed by atoms with Crippen molar-refractivity contribution in [3.05, 3.63) is 40.4 Å². The van der Waals surface area contributed by atoms with Crippen molar-refractivity contribution in [2.75, 3.05) is 6.61 Å². The SMILES string of the molecule is C[C@@]12CCCC[C@@H]1CC(c1ccc(Cl)cc1)=C(CO)C2. The lowest BCUT2D eigenvalue weighted by Gasteiger charge is -2.46. The molecule has 0 amide bonds. The second-order valence-electron chi connectivity index (χ2n) is 6.72. The lowest BCUT2D eigenvalue weighted by atomic mass is 9.59. The minimum Gasteiger partial charge on any atom is -0.392 e. The Labute approximate surface area is 126 Å². The molecule has 2 atom stereocenters. The summed E-state index contributed by atoms with van der Waals surface area (Å²) in [6.45, 7) is 2.62. The van der Waals surface area contributed by atoms with Gasteiger partial charge in [-0.3, -0.25) is 0 Å². The van der Waals surface area contributed by atoms with Gasteiger partial charge in [-0.25, -0.2) is 0 Å². The molecule has 108 valence electrons. The molecular weight excluding hydrogens is 268 g/mol. The molecule has 1 saturated carbocycles. The Morgan fingerprint density at radius 1 is 1.25 bits per heavy atom. The van der Waals surface area contributed by atoms with Crippen molar-refractivity contribution in [1.29, 1.82) is 0 Å². The van der Waals surface area contributed by atoms with E-state index < -0.39 is 0 Å². The topological polar surface area (TPSA) is 20.2 Å². The number of benzene rings is 1. The number of aliphatic hydroxyl groups excluding tert-OH is 1. The summed E-state index contributed by atoms with van der Waals surface area (Å²) < 4.78 is 0. The van der Waals surface area contributed by atoms with Crippen LogP contribution in [0, 0.1) is 11.3 Å². The van der Waals surface area contributed by atoms with Gasteiger partial charge in [-0.1, -0.05) is 43.5 Å². The summed E-state index contributed by atoms with van der Waals surface area (Å²) in [5, 5.41) is 10.6. The molecule has 0 unspecified atom stereocenters. The number of aliphatic hydroxyl groups is 1. The lowest BCUT2D eigenvalue weighted by Crippen LogP contribution is -2.35. The van der Waals surface area contributed by atoms with E-state index in [1.807, 2.05) is 12.1 Å². The molecule has 1 N–H and O–H groups in total. The van der Waals surface area contributed by atoms with Gasteiger partial charge in [0.05, 0.1) is 6.61 Å². The summed E-state index contributed by atoms with van der Waals surface area (Å²) in [5.41, 5.74) is 4.26. The average molecular weight is 291 g/mol. The number of allylic oxidation sites excluding steroid dienone is 1. The Morgan fingerprint density at radius 3 is 2.70 bits per heavy atom. The van der Waals surface area contributed by atoms with Gasteiger partial charge < -0.3 is 5.11 Å². The summed E-state index contributed by atoms with van der Waals surface area (Å²) in [6.07, 6.45) is 7.55. The molecule has 1 fully saturated rings. The Morgan fingerprint density at radius 2 is 2.00 bits per heavy atom. The van der Waals surface area contributed by atoms with E-state index in [1.165, 1.54) is 42.4 Å². The van der Waals surface area contributed by atoms with Crippen molar-refractivity contribution in [2.24, 2.45) is 11.3 Å². The highest BCUT2D eigenvalue weighted by atomic mass is 35.5. The van der Waals surface area contributed by atoms with Gasteiger partial charge in [-0.05, 0) is 65.9 Å². The van der Waals surface area contributed by atoms with Crippen molar-refractivity contribution in [3.8, 4) is 0 Å². The minimum atomic E-state index is 0.195. The van der Waals surface area contributed by atoms with Crippen LogP contribution in [0.4, 0.5) is 0 Å². The largest absolute Gasteiger partial charge is 0.392 e. The maximum absolute atomic E-state index is 9.80. The van der Waals surface area contributed by atoms with E-state index in [4.69, 9.17) is 11.6 Å². The molecule has 0 heterocycles. The highest BCUT2D eigenvalue weighted by Gasteiger charge is 2.41. The fourth-order valence-electron chi connectivity index (χ4n) is 4.16. The fraction of sp³-hybridized carbons (Fsp3) is 0.556. The third-order valence-corrected chi connectivity index (χ3v) is 5.67. The maximum atomic E-state index is 9.80. The summed E-state index contributed by atoms with van der Waals surface area (Å²) in [7, 11) is 0. The van der Waals surface area contributed by atoms with E-state index in [0.717, 1.165) is 23.8 Å². The monoisotopic (exact) mass is 290 g/mol. The van der Waals surface area contributed by atoms with Crippen LogP contribution in [-0.2, 0) is 0 Å². The first kappa shape index (κ1) is 14.2. The van der Waals surface area contributed by atoms with Crippen LogP contribution < -0.4 is 0 Å². The first-order chi connectivity index (χ1) is 9.62. The van der Waals surface area contributed by atoms with Gasteiger partial charge in [0, 0.05) is 5.02 Å². The fourth-order valence-corrected chi connectivity index (χ4v) is 4.29. The van der Waals surface area contributed by atoms with E-state index in [1.54, 1.807) is 0 Å². The first-order valence-electron chi connectivity index (χ1n) is 7.70. The predicted octanol–water partition coefficient (Wildman–Crippen LogP) is 5.08. The maximum Gasteiger partial charge on any atom is 0.0647 e. The van der Waals surface area contributed by atoms with Crippen LogP contribution in [0.1, 0.15) is 51.0 Å². The van der Waals surface area contributed by atoms with Crippen LogP contribution in [0.3, 0.4) is 0 Å². The molecule has 0 aromatic heterocycles. The summed E-state index contributed by atoms with van der Waals surface area (Å²) in [5.74, 6) is 0.775. The molecule has 0 spiro atoms. The third kappa shape index (κ3) is 2.54. The number of fused-ring (bicyclic) bond motifs is 1. The zero-order valence-corrected chi connectivity index (χ0v) is 12.9. The smallest absolute Gasteiger partial charge is 0.0647 e. The summed E-state index contributed by atoms with van der Waals surface area (Å²) in [6, 6.07) is 8.10. The molecule has 0 radical (unpaired) electrons. The molecule has 1 aromatic carbocycles. The van der Waals surface area contributed by atoms with E-state index in [9.17, 15) is 5.11 Å². The van der Waals surface area contributed by atoms with Crippen molar-refractivity contribution >= 4 is 17.2 Å². The Hall–Kier alpha value is -0.790. The Bertz CT molecular complexity index is 517. The van der Waals surface area contributed by atoms with E-state index in [0.29, 0.717) is 5.41 Å². The molecule has 0 aliphatic heterocycles. The third-order valence-electron chi connectivity index (χ3n) is 5.41. The molecule has 2 aliphatic carbocycles. The summed E-state index contributed by atoms with van der Waals surface area (Å²) in [4.78, 5) is 0. The van der Waals surface area contributed by atoms with Crippen LogP contribution in [0.15, 0.2) is 29.8 Å². The first-order valence-corrected chi connectivity index (χ1v) is 8.08. The van der Waals surface area contributed by atoms with Gasteiger partial charge >= 0.3 is 0 Å². The van der Waals surface area contributed by atoms with E-state index in [-0.39, 0.29) is 6.61 Å². The normalized spacial score (nSPS) is 30.2. The van der Waals surface area contributed by atoms with Gasteiger partial charge in [0.2, 0.25) is 0 Å². The van der Waals surface area contributed by atoms with Crippen molar-refractivity contribution in [3.63, 3.8) is 0 Å². The van der Waals surface area contributed by atoms with Crippen molar-refractivity contribution < 1.29 is 5.11 Å². The molecule has 2 heteroatoms. The van der Waals surface area contributed by atoms with E-state index >= 15 is 0 Å². The minimum absolute atomic E-state index is 0.195. The molecule has 3 rings (SSSR count). The van der Waals surface area contributed by atoms with Crippen molar-refractivity contribution in [1.82, 2.24) is 0 Å². The molecule has 1 aromatic rings. The Kier molecular flexibility index (Phi) is 3.92. The summed E-state index contributed by atoms with van der Waals surface area (Å²) >= 11 is 5.99. The van der Waals surface area contributed by atoms with Gasteiger partial charge in [0.1, 0.15) is 0 Å². The van der Waals surface area contributed by atoms with Crippen LogP contribution in [0.5, 0.6) is 0 Å². The molecule has 0 saturated heterocycles. The van der Waals surface area contributed by atoms with Gasteiger partial charge in [-0.2, -0.15) is 0 Å². The molecule has 20 heavy (non-hydrogen) atoms. The van der Waals surface area contributed by atoms with Crippen LogP contribution in [-0.4, -0.2) is 11.7 Å². The number of halogens is 1. The predicted molar refractivity (Wildman–Crippen MR) is 84.8 cm³/mol. The highest BCUT2D eigenvalue weighted by Crippen LogP contribution is 2.53. The van der Waals surface area contributed by atoms with Crippen molar-refractivity contribution in [2.45, 2.75) is 45.4 Å². The second-order valence-corrected chi connectivity index (χ2v) is 7.16. The zero-order valence-electron chi connectivity index (χ0n) is 12.2. The lowest BCUT2D eigenvalue weighted by molar-refractivity contribution is 0.106. The van der Waals surface area contributed by atoms with Crippen LogP contribution in [0.2, 0.25) is 5.02 Å². The van der Waals surface area contributed by atoms with Gasteiger partial charge in [-0.15, -0.1) is 0 Å². The number of rotatable bonds is 2. The quantitative estimate of drug-likeness (QED) is 0.805. The van der Waals surface area contributed by atoms with Gasteiger partial charge in [0.25, 0.3) is 0 Å². The standard InChI is InChI=1S/C18H23ClO/c1-18-9-3-2-4-15(18)10-17(14(11-18)12-20)13-5-7-16(19)8-6-13/h5-8,15,20H,2-4,9-12H2,1H3/t15-,18+/m1/s1. The molecule has 2 aliphatic rings. The van der Waals surface area contributed by atoms with Crippen LogP contribution in [0.25, 0.3) is 5.57 Å². The Balaban J connectivity index is 1.97. The van der Waals surface area contributed by atoms with Crippen LogP contribution >= 0.6 is 11.6 Å². The average Bonchev–Trinajstić information content (AvgIpc) is 2.46. The molecule has 0 bridgehead atoms. The van der Waals surface area contributed by atoms with Gasteiger partial charge in [0.15, 0.2) is 0 Å². The molecular formula is C18H23ClO. The number of hydrogen-bond donors (Lipinski definition) is 1. The van der Waals surface area contributed by atoms with E-state index in [2.05, 4.69) is 19.1 Å². The highest BCUT2D eigenvalue weighted by molar-refractivity contribution is 6.30. The number of hydrogen-bond acceptors (Lipinski definition) is 1. The zero-order chi connectivity index (χ0) is 14.2.